The number of benzene rings is 2. The van der Waals surface area contributed by atoms with Crippen LogP contribution in [0, 0.1) is 3.57 Å². The molecule has 0 bridgehead atoms. The Bertz CT molecular complexity index is 861. The van der Waals surface area contributed by atoms with Gasteiger partial charge >= 0.3 is 0 Å². The first-order chi connectivity index (χ1) is 12.5. The fourth-order valence-corrected chi connectivity index (χ4v) is 2.89. The highest BCUT2D eigenvalue weighted by Gasteiger charge is 2.28. The van der Waals surface area contributed by atoms with Gasteiger partial charge in [-0.2, -0.15) is 0 Å². The highest BCUT2D eigenvalue weighted by Crippen LogP contribution is 2.31. The largest absolute Gasteiger partial charge is 0.496 e. The van der Waals surface area contributed by atoms with Crippen LogP contribution in [0.1, 0.15) is 10.4 Å². The normalized spacial score (nSPS) is 15.1. The molecular formula is C17H14ClIN2O5. The Kier molecular flexibility index (Phi) is 5.72. The number of halogens is 2. The molecule has 2 N–H and O–H groups in total. The van der Waals surface area contributed by atoms with Crippen LogP contribution >= 0.6 is 34.2 Å². The summed E-state index contributed by atoms with van der Waals surface area (Å²) < 4.78 is 17.0. The van der Waals surface area contributed by atoms with Gasteiger partial charge in [0.25, 0.3) is 11.8 Å². The predicted octanol–water partition coefficient (Wildman–Crippen LogP) is 2.55. The molecule has 9 heteroatoms. The molecule has 26 heavy (non-hydrogen) atoms. The summed E-state index contributed by atoms with van der Waals surface area (Å²) in [6, 6.07) is 10.1. The van der Waals surface area contributed by atoms with Crippen molar-refractivity contribution >= 4 is 46.0 Å². The second-order valence-corrected chi connectivity index (χ2v) is 6.84. The molecule has 136 valence electrons. The molecule has 0 aromatic heterocycles. The molecule has 1 atom stereocenters. The Morgan fingerprint density at radius 1 is 1.23 bits per heavy atom. The van der Waals surface area contributed by atoms with Crippen LogP contribution in [0.5, 0.6) is 17.2 Å². The summed E-state index contributed by atoms with van der Waals surface area (Å²) in [6.07, 6.45) is -0.882. The summed E-state index contributed by atoms with van der Waals surface area (Å²) >= 11 is 8.08. The van der Waals surface area contributed by atoms with Crippen LogP contribution in [0.15, 0.2) is 36.4 Å². The maximum atomic E-state index is 12.3. The van der Waals surface area contributed by atoms with Gasteiger partial charge < -0.3 is 14.2 Å². The average molecular weight is 489 g/mol. The van der Waals surface area contributed by atoms with Crippen molar-refractivity contribution in [3.8, 4) is 17.2 Å². The first kappa shape index (κ1) is 18.6. The van der Waals surface area contributed by atoms with Gasteiger partial charge in [-0.05, 0) is 46.9 Å². The molecule has 0 spiro atoms. The Morgan fingerprint density at radius 3 is 2.69 bits per heavy atom. The molecule has 1 aliphatic rings. The lowest BCUT2D eigenvalue weighted by Crippen LogP contribution is -2.50. The van der Waals surface area contributed by atoms with Crippen LogP contribution < -0.4 is 25.1 Å². The van der Waals surface area contributed by atoms with E-state index in [-0.39, 0.29) is 12.2 Å². The van der Waals surface area contributed by atoms with Crippen LogP contribution in [-0.4, -0.2) is 31.6 Å². The van der Waals surface area contributed by atoms with Gasteiger partial charge in [0.15, 0.2) is 11.5 Å². The number of amides is 2. The van der Waals surface area contributed by atoms with Gasteiger partial charge in [-0.25, -0.2) is 0 Å². The number of hydrazine groups is 1. The Labute approximate surface area is 168 Å². The topological polar surface area (TPSA) is 85.9 Å². The Balaban J connectivity index is 1.63. The van der Waals surface area contributed by atoms with Gasteiger partial charge in [0, 0.05) is 3.57 Å². The monoisotopic (exact) mass is 488 g/mol. The number of hydrogen-bond acceptors (Lipinski definition) is 5. The third-order valence-corrected chi connectivity index (χ3v) is 5.11. The van der Waals surface area contributed by atoms with E-state index in [1.165, 1.54) is 13.2 Å². The molecule has 2 aromatic rings. The van der Waals surface area contributed by atoms with E-state index in [9.17, 15) is 9.59 Å². The zero-order valence-electron chi connectivity index (χ0n) is 13.5. The molecule has 1 heterocycles. The number of ether oxygens (including phenoxy) is 3. The first-order valence-corrected chi connectivity index (χ1v) is 8.97. The third-order valence-electron chi connectivity index (χ3n) is 3.59. The maximum absolute atomic E-state index is 12.3. The van der Waals surface area contributed by atoms with E-state index in [0.717, 1.165) is 3.57 Å². The van der Waals surface area contributed by atoms with Crippen molar-refractivity contribution in [2.24, 2.45) is 0 Å². The summed E-state index contributed by atoms with van der Waals surface area (Å²) in [6.45, 7) is 0.0391. The van der Waals surface area contributed by atoms with Gasteiger partial charge in [-0.15, -0.1) is 0 Å². The molecule has 2 amide bonds. The van der Waals surface area contributed by atoms with Crippen LogP contribution in [0.3, 0.4) is 0 Å². The van der Waals surface area contributed by atoms with Gasteiger partial charge in [0.05, 0.1) is 17.7 Å². The van der Waals surface area contributed by atoms with E-state index in [2.05, 4.69) is 10.9 Å². The van der Waals surface area contributed by atoms with E-state index in [1.807, 2.05) is 28.7 Å². The van der Waals surface area contributed by atoms with Crippen molar-refractivity contribution in [3.05, 3.63) is 50.6 Å². The minimum atomic E-state index is -0.882. The summed E-state index contributed by atoms with van der Waals surface area (Å²) in [5.74, 6) is 0.279. The van der Waals surface area contributed by atoms with E-state index in [1.54, 1.807) is 24.3 Å². The van der Waals surface area contributed by atoms with Crippen LogP contribution in [0.25, 0.3) is 0 Å². The number of carbonyl (C=O) groups is 2. The number of hydrogen-bond donors (Lipinski definition) is 2. The number of carbonyl (C=O) groups excluding carboxylic acids is 2. The molecule has 1 unspecified atom stereocenters. The number of fused-ring (bicyclic) bond motifs is 1. The lowest BCUT2D eigenvalue weighted by atomic mass is 10.2. The van der Waals surface area contributed by atoms with Gasteiger partial charge in [-0.3, -0.25) is 20.4 Å². The summed E-state index contributed by atoms with van der Waals surface area (Å²) in [5, 5.41) is 0.406. The molecule has 0 saturated heterocycles. The number of nitrogens with one attached hydrogen (secondary N) is 2. The third kappa shape index (κ3) is 3.96. The standard InChI is InChI=1S/C17H14ClIN2O5/c1-24-14-7-11(19)10(18)6-9(14)16(22)20-21-17(23)15-8-25-12-4-2-3-5-13(12)26-15/h2-7,15H,8H2,1H3,(H,20,22)(H,21,23). The van der Waals surface area contributed by atoms with Crippen LogP contribution in [0.2, 0.25) is 5.02 Å². The summed E-state index contributed by atoms with van der Waals surface area (Å²) in [7, 11) is 1.44. The molecule has 3 rings (SSSR count). The summed E-state index contributed by atoms with van der Waals surface area (Å²) in [5.41, 5.74) is 4.85. The van der Waals surface area contributed by atoms with Gasteiger partial charge in [0.1, 0.15) is 12.4 Å². The van der Waals surface area contributed by atoms with E-state index in [0.29, 0.717) is 22.3 Å². The summed E-state index contributed by atoms with van der Waals surface area (Å²) in [4.78, 5) is 24.6. The molecule has 2 aromatic carbocycles. The minimum Gasteiger partial charge on any atom is -0.496 e. The lowest BCUT2D eigenvalue weighted by Gasteiger charge is -2.25. The van der Waals surface area contributed by atoms with Crippen molar-refractivity contribution < 1.29 is 23.8 Å². The molecular weight excluding hydrogens is 475 g/mol. The van der Waals surface area contributed by atoms with Crippen molar-refractivity contribution in [2.45, 2.75) is 6.10 Å². The smallest absolute Gasteiger partial charge is 0.283 e. The van der Waals surface area contributed by atoms with Crippen LogP contribution in [0.4, 0.5) is 0 Å². The van der Waals surface area contributed by atoms with Crippen molar-refractivity contribution in [3.63, 3.8) is 0 Å². The second kappa shape index (κ2) is 8.00. The zero-order chi connectivity index (χ0) is 18.7. The quantitative estimate of drug-likeness (QED) is 0.512. The maximum Gasteiger partial charge on any atom is 0.283 e. The van der Waals surface area contributed by atoms with E-state index >= 15 is 0 Å². The highest BCUT2D eigenvalue weighted by atomic mass is 127. The zero-order valence-corrected chi connectivity index (χ0v) is 16.5. The fourth-order valence-electron chi connectivity index (χ4n) is 2.29. The number of rotatable bonds is 3. The van der Waals surface area contributed by atoms with Crippen molar-refractivity contribution in [1.82, 2.24) is 10.9 Å². The Hall–Kier alpha value is -2.20. The van der Waals surface area contributed by atoms with E-state index < -0.39 is 17.9 Å². The minimum absolute atomic E-state index is 0.0391. The molecule has 1 aliphatic heterocycles. The number of methoxy groups -OCH3 is 1. The van der Waals surface area contributed by atoms with Gasteiger partial charge in [0.2, 0.25) is 6.10 Å². The molecule has 0 radical (unpaired) electrons. The van der Waals surface area contributed by atoms with Crippen LogP contribution in [-0.2, 0) is 4.79 Å². The van der Waals surface area contributed by atoms with Gasteiger partial charge in [-0.1, -0.05) is 23.7 Å². The SMILES string of the molecule is COc1cc(I)c(Cl)cc1C(=O)NNC(=O)C1COc2ccccc2O1. The molecule has 0 fully saturated rings. The molecule has 0 aliphatic carbocycles. The Morgan fingerprint density at radius 2 is 1.96 bits per heavy atom. The average Bonchev–Trinajstić information content (AvgIpc) is 2.67. The predicted molar refractivity (Wildman–Crippen MR) is 103 cm³/mol. The first-order valence-electron chi connectivity index (χ1n) is 7.51. The molecule has 0 saturated carbocycles. The number of para-hydroxylation sites is 2. The fraction of sp³-hybridized carbons (Fsp3) is 0.176. The van der Waals surface area contributed by atoms with Crippen molar-refractivity contribution in [1.29, 1.82) is 0 Å². The molecule has 7 nitrogen and oxygen atoms in total. The van der Waals surface area contributed by atoms with E-state index in [4.69, 9.17) is 25.8 Å². The second-order valence-electron chi connectivity index (χ2n) is 5.27. The highest BCUT2D eigenvalue weighted by molar-refractivity contribution is 14.1. The van der Waals surface area contributed by atoms with Crippen molar-refractivity contribution in [2.75, 3.05) is 13.7 Å². The lowest BCUT2D eigenvalue weighted by molar-refractivity contribution is -0.131.